The number of rotatable bonds is 7. The SMILES string of the molecule is COc1cc(OC)cc(C(=O)N(CCN(C)C)c2nc3c(F)cc(F)cc3s2)c1.Cl. The van der Waals surface area contributed by atoms with Crippen LogP contribution in [-0.2, 0) is 0 Å². The van der Waals surface area contributed by atoms with Crippen LogP contribution in [0.25, 0.3) is 10.2 Å². The van der Waals surface area contributed by atoms with Crippen LogP contribution in [-0.4, -0.2) is 57.2 Å². The van der Waals surface area contributed by atoms with Gasteiger partial charge in [0.05, 0.1) is 18.9 Å². The number of aromatic nitrogens is 1. The second-order valence-electron chi connectivity index (χ2n) is 6.59. The standard InChI is InChI=1S/C20H21F2N3O3S.ClH/c1-24(2)5-6-25(19(26)12-7-14(27-3)11-15(8-12)28-4)20-23-18-16(22)9-13(21)10-17(18)29-20;/h7-11H,5-6H2,1-4H3;1H. The Kier molecular flexibility index (Phi) is 7.94. The van der Waals surface area contributed by atoms with Crippen molar-refractivity contribution in [3.63, 3.8) is 0 Å². The Labute approximate surface area is 183 Å². The Morgan fingerprint density at radius 1 is 1.03 bits per heavy atom. The summed E-state index contributed by atoms with van der Waals surface area (Å²) in [5.41, 5.74) is 0.378. The Morgan fingerprint density at radius 3 is 2.23 bits per heavy atom. The fourth-order valence-corrected chi connectivity index (χ4v) is 3.76. The number of benzene rings is 2. The molecule has 0 spiro atoms. The van der Waals surface area contributed by atoms with E-state index in [-0.39, 0.29) is 29.0 Å². The number of amides is 1. The van der Waals surface area contributed by atoms with Gasteiger partial charge in [0.1, 0.15) is 22.8 Å². The number of thiazole rings is 1. The first-order valence-corrected chi connectivity index (χ1v) is 9.59. The number of fused-ring (bicyclic) bond motifs is 1. The van der Waals surface area contributed by atoms with E-state index in [9.17, 15) is 13.6 Å². The van der Waals surface area contributed by atoms with Gasteiger partial charge in [-0.25, -0.2) is 13.8 Å². The summed E-state index contributed by atoms with van der Waals surface area (Å²) in [6.07, 6.45) is 0. The summed E-state index contributed by atoms with van der Waals surface area (Å²) in [5.74, 6) is -0.848. The molecule has 0 radical (unpaired) electrons. The first-order valence-electron chi connectivity index (χ1n) is 8.77. The lowest BCUT2D eigenvalue weighted by Crippen LogP contribution is -2.36. The topological polar surface area (TPSA) is 54.9 Å². The van der Waals surface area contributed by atoms with Crippen molar-refractivity contribution in [3.05, 3.63) is 47.5 Å². The zero-order valence-electron chi connectivity index (χ0n) is 16.9. The maximum Gasteiger partial charge on any atom is 0.260 e. The molecule has 10 heteroatoms. The minimum absolute atomic E-state index is 0. The molecule has 0 bridgehead atoms. The lowest BCUT2D eigenvalue weighted by atomic mass is 10.1. The van der Waals surface area contributed by atoms with Gasteiger partial charge in [-0.3, -0.25) is 9.69 Å². The van der Waals surface area contributed by atoms with Crippen LogP contribution in [0.5, 0.6) is 11.5 Å². The van der Waals surface area contributed by atoms with Gasteiger partial charge in [-0.15, -0.1) is 12.4 Å². The molecule has 3 aromatic rings. The van der Waals surface area contributed by atoms with Gasteiger partial charge in [0.15, 0.2) is 10.9 Å². The van der Waals surface area contributed by atoms with Crippen molar-refractivity contribution in [2.45, 2.75) is 0 Å². The van der Waals surface area contributed by atoms with Gasteiger partial charge < -0.3 is 14.4 Å². The highest BCUT2D eigenvalue weighted by molar-refractivity contribution is 7.22. The molecule has 0 aliphatic rings. The average molecular weight is 458 g/mol. The number of anilines is 1. The number of nitrogens with zero attached hydrogens (tertiary/aromatic N) is 3. The molecule has 0 atom stereocenters. The molecule has 0 aliphatic carbocycles. The third-order valence-electron chi connectivity index (χ3n) is 4.25. The van der Waals surface area contributed by atoms with Crippen LogP contribution in [0.15, 0.2) is 30.3 Å². The highest BCUT2D eigenvalue weighted by Gasteiger charge is 2.23. The van der Waals surface area contributed by atoms with Crippen molar-refractivity contribution in [1.29, 1.82) is 0 Å². The van der Waals surface area contributed by atoms with Crippen molar-refractivity contribution in [2.24, 2.45) is 0 Å². The molecule has 0 fully saturated rings. The largest absolute Gasteiger partial charge is 0.497 e. The summed E-state index contributed by atoms with van der Waals surface area (Å²) in [7, 11) is 6.75. The summed E-state index contributed by atoms with van der Waals surface area (Å²) in [5, 5.41) is 0.290. The number of hydrogen-bond acceptors (Lipinski definition) is 6. The van der Waals surface area contributed by atoms with Gasteiger partial charge in [0.25, 0.3) is 5.91 Å². The van der Waals surface area contributed by atoms with Crippen molar-refractivity contribution in [1.82, 2.24) is 9.88 Å². The number of halogens is 3. The predicted molar refractivity (Wildman–Crippen MR) is 117 cm³/mol. The van der Waals surface area contributed by atoms with Crippen molar-refractivity contribution < 1.29 is 23.0 Å². The molecular formula is C20H22ClF2N3O3S. The lowest BCUT2D eigenvalue weighted by molar-refractivity contribution is 0.0984. The highest BCUT2D eigenvalue weighted by Crippen LogP contribution is 2.32. The third kappa shape index (κ3) is 5.16. The van der Waals surface area contributed by atoms with E-state index < -0.39 is 11.6 Å². The van der Waals surface area contributed by atoms with Gasteiger partial charge in [-0.05, 0) is 32.3 Å². The summed E-state index contributed by atoms with van der Waals surface area (Å²) < 4.78 is 38.5. The number of likely N-dealkylation sites (N-methyl/N-ethyl adjacent to an activating group) is 1. The fourth-order valence-electron chi connectivity index (χ4n) is 2.73. The zero-order chi connectivity index (χ0) is 21.1. The molecule has 3 rings (SSSR count). The van der Waals surface area contributed by atoms with Crippen LogP contribution in [0.2, 0.25) is 0 Å². The summed E-state index contributed by atoms with van der Waals surface area (Å²) in [6, 6.07) is 6.85. The second-order valence-corrected chi connectivity index (χ2v) is 7.60. The molecule has 0 saturated carbocycles. The molecule has 0 aliphatic heterocycles. The molecule has 2 aromatic carbocycles. The number of ether oxygens (including phenoxy) is 2. The Morgan fingerprint density at radius 2 is 1.67 bits per heavy atom. The Hall–Kier alpha value is -2.49. The van der Waals surface area contributed by atoms with E-state index in [2.05, 4.69) is 4.98 Å². The van der Waals surface area contributed by atoms with Crippen LogP contribution in [0.3, 0.4) is 0 Å². The van der Waals surface area contributed by atoms with Crippen LogP contribution in [0.4, 0.5) is 13.9 Å². The lowest BCUT2D eigenvalue weighted by Gasteiger charge is -2.22. The minimum Gasteiger partial charge on any atom is -0.497 e. The van der Waals surface area contributed by atoms with E-state index in [1.807, 2.05) is 19.0 Å². The smallest absolute Gasteiger partial charge is 0.260 e. The van der Waals surface area contributed by atoms with Gasteiger partial charge in [-0.2, -0.15) is 0 Å². The second kappa shape index (κ2) is 10.0. The number of carbonyl (C=O) groups is 1. The Bertz CT molecular complexity index is 1020. The van der Waals surface area contributed by atoms with Crippen LogP contribution in [0.1, 0.15) is 10.4 Å². The van der Waals surface area contributed by atoms with Crippen molar-refractivity contribution >= 4 is 45.0 Å². The molecule has 1 heterocycles. The van der Waals surface area contributed by atoms with Crippen LogP contribution in [0, 0.1) is 11.6 Å². The van der Waals surface area contributed by atoms with Gasteiger partial charge in [-0.1, -0.05) is 11.3 Å². The van der Waals surface area contributed by atoms with Crippen molar-refractivity contribution in [2.75, 3.05) is 46.3 Å². The van der Waals surface area contributed by atoms with E-state index in [1.165, 1.54) is 25.2 Å². The quantitative estimate of drug-likeness (QED) is 0.531. The van der Waals surface area contributed by atoms with E-state index in [4.69, 9.17) is 9.47 Å². The molecule has 0 N–H and O–H groups in total. The van der Waals surface area contributed by atoms with Gasteiger partial charge >= 0.3 is 0 Å². The predicted octanol–water partition coefficient (Wildman–Crippen LogP) is 4.22. The minimum atomic E-state index is -0.759. The van der Waals surface area contributed by atoms with E-state index in [1.54, 1.807) is 18.2 Å². The summed E-state index contributed by atoms with van der Waals surface area (Å²) in [4.78, 5) is 21.0. The van der Waals surface area contributed by atoms with Gasteiger partial charge in [0, 0.05) is 30.8 Å². The van der Waals surface area contributed by atoms with E-state index in [0.29, 0.717) is 34.9 Å². The van der Waals surface area contributed by atoms with Crippen LogP contribution < -0.4 is 14.4 Å². The van der Waals surface area contributed by atoms with E-state index >= 15 is 0 Å². The first-order chi connectivity index (χ1) is 13.8. The average Bonchev–Trinajstić information content (AvgIpc) is 3.11. The summed E-state index contributed by atoms with van der Waals surface area (Å²) >= 11 is 1.06. The monoisotopic (exact) mass is 457 g/mol. The molecule has 30 heavy (non-hydrogen) atoms. The number of hydrogen-bond donors (Lipinski definition) is 0. The highest BCUT2D eigenvalue weighted by atomic mass is 35.5. The fraction of sp³-hybridized carbons (Fsp3) is 0.300. The van der Waals surface area contributed by atoms with E-state index in [0.717, 1.165) is 17.4 Å². The first kappa shape index (κ1) is 23.8. The normalized spacial score (nSPS) is 10.8. The molecule has 6 nitrogen and oxygen atoms in total. The third-order valence-corrected chi connectivity index (χ3v) is 5.27. The molecule has 162 valence electrons. The maximum atomic E-state index is 14.1. The molecule has 0 saturated heterocycles. The molecule has 0 unspecified atom stereocenters. The maximum absolute atomic E-state index is 14.1. The molecule has 1 amide bonds. The summed E-state index contributed by atoms with van der Waals surface area (Å²) in [6.45, 7) is 0.870. The molecule has 1 aromatic heterocycles. The number of methoxy groups -OCH3 is 2. The van der Waals surface area contributed by atoms with Crippen LogP contribution >= 0.6 is 23.7 Å². The zero-order valence-corrected chi connectivity index (χ0v) is 18.6. The Balaban J connectivity index is 0.00000320. The van der Waals surface area contributed by atoms with Gasteiger partial charge in [0.2, 0.25) is 0 Å². The van der Waals surface area contributed by atoms with Crippen molar-refractivity contribution in [3.8, 4) is 11.5 Å². The molecular weight excluding hydrogens is 436 g/mol. The number of carbonyl (C=O) groups excluding carboxylic acids is 1.